The Hall–Kier alpha value is -1.44. The van der Waals surface area contributed by atoms with Crippen LogP contribution in [0, 0.1) is 5.41 Å². The van der Waals surface area contributed by atoms with Gasteiger partial charge in [0.2, 0.25) is 10.0 Å². The van der Waals surface area contributed by atoms with E-state index in [1.807, 2.05) is 0 Å². The van der Waals surface area contributed by atoms with Gasteiger partial charge >= 0.3 is 5.97 Å². The van der Waals surface area contributed by atoms with Gasteiger partial charge in [-0.3, -0.25) is 0 Å². The molecule has 1 aliphatic rings. The standard InChI is InChI=1S/C16H24N2O4S/c1-3-22-15(19)13-5-7-14(8-6-13)23(20,21)18-12-16(2)9-4-10-17-11-16/h5-8,17-18H,3-4,9-12H2,1-2H3. The van der Waals surface area contributed by atoms with Crippen molar-refractivity contribution < 1.29 is 17.9 Å². The maximum Gasteiger partial charge on any atom is 0.338 e. The minimum atomic E-state index is -3.58. The second-order valence-corrected chi connectivity index (χ2v) is 7.93. The van der Waals surface area contributed by atoms with Crippen LogP contribution in [0.4, 0.5) is 0 Å². The molecule has 1 heterocycles. The molecule has 2 N–H and O–H groups in total. The lowest BCUT2D eigenvalue weighted by atomic mass is 9.83. The lowest BCUT2D eigenvalue weighted by Crippen LogP contribution is -2.45. The number of hydrogen-bond donors (Lipinski definition) is 2. The zero-order chi connectivity index (χ0) is 16.9. The van der Waals surface area contributed by atoms with Crippen molar-refractivity contribution in [2.75, 3.05) is 26.2 Å². The van der Waals surface area contributed by atoms with E-state index in [9.17, 15) is 13.2 Å². The molecule has 0 aromatic heterocycles. The molecule has 23 heavy (non-hydrogen) atoms. The molecule has 0 amide bonds. The minimum Gasteiger partial charge on any atom is -0.462 e. The summed E-state index contributed by atoms with van der Waals surface area (Å²) in [6.07, 6.45) is 2.04. The molecular formula is C16H24N2O4S. The average molecular weight is 340 g/mol. The third-order valence-corrected chi connectivity index (χ3v) is 5.47. The molecule has 1 unspecified atom stereocenters. The van der Waals surface area contributed by atoms with Crippen LogP contribution in [0.5, 0.6) is 0 Å². The quantitative estimate of drug-likeness (QED) is 0.767. The summed E-state index contributed by atoms with van der Waals surface area (Å²) in [5.74, 6) is -0.454. The van der Waals surface area contributed by atoms with Crippen molar-refractivity contribution in [3.8, 4) is 0 Å². The highest BCUT2D eigenvalue weighted by Crippen LogP contribution is 2.25. The molecule has 1 aliphatic heterocycles. The number of rotatable bonds is 6. The SMILES string of the molecule is CCOC(=O)c1ccc(S(=O)(=O)NCC2(C)CCCNC2)cc1. The Balaban J connectivity index is 2.03. The van der Waals surface area contributed by atoms with E-state index in [-0.39, 0.29) is 16.9 Å². The number of sulfonamides is 1. The van der Waals surface area contributed by atoms with Gasteiger partial charge in [-0.15, -0.1) is 0 Å². The fourth-order valence-electron chi connectivity index (χ4n) is 2.61. The van der Waals surface area contributed by atoms with Gasteiger partial charge in [-0.1, -0.05) is 6.92 Å². The lowest BCUT2D eigenvalue weighted by Gasteiger charge is -2.34. The Morgan fingerprint density at radius 3 is 2.61 bits per heavy atom. The molecule has 1 fully saturated rings. The molecule has 0 aliphatic carbocycles. The van der Waals surface area contributed by atoms with Crippen LogP contribution in [0.25, 0.3) is 0 Å². The van der Waals surface area contributed by atoms with Crippen molar-refractivity contribution in [3.63, 3.8) is 0 Å². The third kappa shape index (κ3) is 4.76. The van der Waals surface area contributed by atoms with Gasteiger partial charge in [0.25, 0.3) is 0 Å². The molecule has 7 heteroatoms. The maximum atomic E-state index is 12.4. The van der Waals surface area contributed by atoms with Crippen molar-refractivity contribution in [3.05, 3.63) is 29.8 Å². The van der Waals surface area contributed by atoms with Gasteiger partial charge in [-0.05, 0) is 56.0 Å². The monoisotopic (exact) mass is 340 g/mol. The summed E-state index contributed by atoms with van der Waals surface area (Å²) in [5.41, 5.74) is 0.269. The summed E-state index contributed by atoms with van der Waals surface area (Å²) in [7, 11) is -3.58. The second-order valence-electron chi connectivity index (χ2n) is 6.16. The molecule has 6 nitrogen and oxygen atoms in total. The molecule has 1 aromatic rings. The molecule has 1 saturated heterocycles. The van der Waals surface area contributed by atoms with Crippen LogP contribution >= 0.6 is 0 Å². The van der Waals surface area contributed by atoms with Crippen molar-refractivity contribution in [1.29, 1.82) is 0 Å². The van der Waals surface area contributed by atoms with Crippen LogP contribution in [0.1, 0.15) is 37.0 Å². The van der Waals surface area contributed by atoms with Crippen LogP contribution in [0.2, 0.25) is 0 Å². The average Bonchev–Trinajstić information content (AvgIpc) is 2.54. The predicted molar refractivity (Wildman–Crippen MR) is 87.8 cm³/mol. The summed E-state index contributed by atoms with van der Waals surface area (Å²) in [5, 5.41) is 3.30. The predicted octanol–water partition coefficient (Wildman–Crippen LogP) is 1.53. The number of nitrogens with one attached hydrogen (secondary N) is 2. The highest BCUT2D eigenvalue weighted by molar-refractivity contribution is 7.89. The van der Waals surface area contributed by atoms with Gasteiger partial charge in [0.1, 0.15) is 0 Å². The van der Waals surface area contributed by atoms with Crippen LogP contribution in [0.15, 0.2) is 29.2 Å². The highest BCUT2D eigenvalue weighted by atomic mass is 32.2. The van der Waals surface area contributed by atoms with Crippen LogP contribution in [-0.2, 0) is 14.8 Å². The zero-order valence-electron chi connectivity index (χ0n) is 13.6. The molecule has 128 valence electrons. The fraction of sp³-hybridized carbons (Fsp3) is 0.562. The smallest absolute Gasteiger partial charge is 0.338 e. The van der Waals surface area contributed by atoms with Crippen molar-refractivity contribution >= 4 is 16.0 Å². The first-order chi connectivity index (χ1) is 10.9. The number of benzene rings is 1. The van der Waals surface area contributed by atoms with Crippen LogP contribution in [0.3, 0.4) is 0 Å². The van der Waals surface area contributed by atoms with Gasteiger partial charge in [-0.2, -0.15) is 0 Å². The van der Waals surface area contributed by atoms with E-state index >= 15 is 0 Å². The second kappa shape index (κ2) is 7.42. The first-order valence-electron chi connectivity index (χ1n) is 7.84. The maximum absolute atomic E-state index is 12.4. The Bertz CT molecular complexity index is 635. The van der Waals surface area contributed by atoms with E-state index in [4.69, 9.17) is 4.74 Å². The summed E-state index contributed by atoms with van der Waals surface area (Å²) in [6.45, 7) is 6.26. The first-order valence-corrected chi connectivity index (χ1v) is 9.32. The van der Waals surface area contributed by atoms with E-state index in [2.05, 4.69) is 17.0 Å². The molecule has 2 rings (SSSR count). The van der Waals surface area contributed by atoms with Gasteiger partial charge in [0.15, 0.2) is 0 Å². The minimum absolute atomic E-state index is 0.0732. The van der Waals surface area contributed by atoms with Gasteiger partial charge in [0, 0.05) is 13.1 Å². The van der Waals surface area contributed by atoms with Crippen LogP contribution in [-0.4, -0.2) is 40.6 Å². The number of piperidine rings is 1. The fourth-order valence-corrected chi connectivity index (χ4v) is 3.81. The Morgan fingerprint density at radius 2 is 2.04 bits per heavy atom. The van der Waals surface area contributed by atoms with Crippen LogP contribution < -0.4 is 10.0 Å². The molecule has 0 bridgehead atoms. The van der Waals surface area contributed by atoms with Gasteiger partial charge in [0.05, 0.1) is 17.1 Å². The van der Waals surface area contributed by atoms with E-state index in [0.29, 0.717) is 12.1 Å². The largest absolute Gasteiger partial charge is 0.462 e. The van der Waals surface area contributed by atoms with Crippen molar-refractivity contribution in [2.24, 2.45) is 5.41 Å². The van der Waals surface area contributed by atoms with E-state index < -0.39 is 16.0 Å². The Kier molecular flexibility index (Phi) is 5.78. The van der Waals surface area contributed by atoms with E-state index in [1.54, 1.807) is 6.92 Å². The normalized spacial score (nSPS) is 21.8. The van der Waals surface area contributed by atoms with Crippen molar-refractivity contribution in [2.45, 2.75) is 31.6 Å². The number of carbonyl (C=O) groups excluding carboxylic acids is 1. The number of hydrogen-bond acceptors (Lipinski definition) is 5. The number of carbonyl (C=O) groups is 1. The molecular weight excluding hydrogens is 316 g/mol. The molecule has 1 aromatic carbocycles. The molecule has 0 spiro atoms. The topological polar surface area (TPSA) is 84.5 Å². The third-order valence-electron chi connectivity index (χ3n) is 4.05. The van der Waals surface area contributed by atoms with Gasteiger partial charge in [-0.25, -0.2) is 17.9 Å². The molecule has 0 saturated carbocycles. The first kappa shape index (κ1) is 17.9. The zero-order valence-corrected chi connectivity index (χ0v) is 14.4. The van der Waals surface area contributed by atoms with E-state index in [0.717, 1.165) is 25.9 Å². The Labute approximate surface area is 137 Å². The van der Waals surface area contributed by atoms with E-state index in [1.165, 1.54) is 24.3 Å². The number of ether oxygens (including phenoxy) is 1. The Morgan fingerprint density at radius 1 is 1.35 bits per heavy atom. The molecule has 1 atom stereocenters. The van der Waals surface area contributed by atoms with Gasteiger partial charge < -0.3 is 10.1 Å². The summed E-state index contributed by atoms with van der Waals surface area (Å²) in [4.78, 5) is 11.7. The highest BCUT2D eigenvalue weighted by Gasteiger charge is 2.28. The lowest BCUT2D eigenvalue weighted by molar-refractivity contribution is 0.0526. The summed E-state index contributed by atoms with van der Waals surface area (Å²) in [6, 6.07) is 5.79. The summed E-state index contributed by atoms with van der Waals surface area (Å²) < 4.78 is 32.3. The number of esters is 1. The van der Waals surface area contributed by atoms with Crippen molar-refractivity contribution in [1.82, 2.24) is 10.0 Å². The summed E-state index contributed by atoms with van der Waals surface area (Å²) >= 11 is 0. The molecule has 0 radical (unpaired) electrons.